The maximum atomic E-state index is 11.9. The van der Waals surface area contributed by atoms with E-state index >= 15 is 0 Å². The van der Waals surface area contributed by atoms with Crippen LogP contribution in [-0.2, 0) is 4.79 Å². The highest BCUT2D eigenvalue weighted by molar-refractivity contribution is 6.11. The van der Waals surface area contributed by atoms with Crippen LogP contribution in [0.2, 0.25) is 0 Å². The molecule has 0 atom stereocenters. The van der Waals surface area contributed by atoms with E-state index < -0.39 is 12.0 Å². The van der Waals surface area contributed by atoms with E-state index in [-0.39, 0.29) is 24.4 Å². The number of carbonyl (C=O) groups is 3. The molecule has 106 valence electrons. The number of carboxylic acids is 1. The molecule has 0 bridgehead atoms. The second-order valence-electron chi connectivity index (χ2n) is 4.59. The molecule has 1 aromatic carbocycles. The third-order valence-electron chi connectivity index (χ3n) is 3.32. The molecule has 21 heavy (non-hydrogen) atoms. The fourth-order valence-electron chi connectivity index (χ4n) is 2.36. The van der Waals surface area contributed by atoms with Crippen LogP contribution in [0.5, 0.6) is 0 Å². The summed E-state index contributed by atoms with van der Waals surface area (Å²) in [4.78, 5) is 39.9. The first-order valence-electron chi connectivity index (χ1n) is 6.30. The Morgan fingerprint density at radius 1 is 1.29 bits per heavy atom. The standard InChI is InChI=1S/C14H11N3O4/c18-11-5-7-17(14(21)16-11)10-3-1-2-8-9(13(19)20)4-6-15-12(8)10/h1-4,6H,5,7H2,(H,19,20)(H,16,18,21). The highest BCUT2D eigenvalue weighted by Crippen LogP contribution is 2.28. The Morgan fingerprint density at radius 3 is 2.81 bits per heavy atom. The maximum absolute atomic E-state index is 11.9. The molecule has 3 amide bonds. The SMILES string of the molecule is O=C1CCN(c2cccc3c(C(=O)O)ccnc23)C(=O)N1. The van der Waals surface area contributed by atoms with Crippen molar-refractivity contribution in [2.45, 2.75) is 6.42 Å². The van der Waals surface area contributed by atoms with Gasteiger partial charge in [-0.3, -0.25) is 20.0 Å². The van der Waals surface area contributed by atoms with Gasteiger partial charge in [-0.2, -0.15) is 0 Å². The summed E-state index contributed by atoms with van der Waals surface area (Å²) in [5, 5.41) is 11.9. The van der Waals surface area contributed by atoms with Gasteiger partial charge in [0, 0.05) is 24.5 Å². The smallest absolute Gasteiger partial charge is 0.336 e. The molecule has 1 aliphatic heterocycles. The molecule has 0 unspecified atom stereocenters. The lowest BCUT2D eigenvalue weighted by Crippen LogP contribution is -2.49. The van der Waals surface area contributed by atoms with E-state index in [1.165, 1.54) is 17.2 Å². The number of carbonyl (C=O) groups excluding carboxylic acids is 2. The molecule has 2 N–H and O–H groups in total. The molecule has 2 aromatic rings. The van der Waals surface area contributed by atoms with Crippen LogP contribution in [0.3, 0.4) is 0 Å². The molecule has 0 spiro atoms. The lowest BCUT2D eigenvalue weighted by molar-refractivity contribution is -0.120. The Morgan fingerprint density at radius 2 is 2.10 bits per heavy atom. The molecule has 0 saturated carbocycles. The number of para-hydroxylation sites is 1. The number of aromatic carboxylic acids is 1. The second-order valence-corrected chi connectivity index (χ2v) is 4.59. The first-order valence-corrected chi connectivity index (χ1v) is 6.30. The minimum atomic E-state index is -1.06. The highest BCUT2D eigenvalue weighted by atomic mass is 16.4. The summed E-state index contributed by atoms with van der Waals surface area (Å²) < 4.78 is 0. The van der Waals surface area contributed by atoms with Gasteiger partial charge in [0.1, 0.15) is 0 Å². The molecule has 7 heteroatoms. The van der Waals surface area contributed by atoms with Crippen LogP contribution in [0.4, 0.5) is 10.5 Å². The van der Waals surface area contributed by atoms with Gasteiger partial charge in [0.25, 0.3) is 0 Å². The van der Waals surface area contributed by atoms with Crippen LogP contribution < -0.4 is 10.2 Å². The Hall–Kier alpha value is -2.96. The molecule has 2 heterocycles. The zero-order valence-electron chi connectivity index (χ0n) is 10.9. The minimum absolute atomic E-state index is 0.121. The lowest BCUT2D eigenvalue weighted by Gasteiger charge is -2.27. The molecule has 0 radical (unpaired) electrons. The molecule has 0 aliphatic carbocycles. The van der Waals surface area contributed by atoms with Gasteiger partial charge >= 0.3 is 12.0 Å². The van der Waals surface area contributed by atoms with Gasteiger partial charge in [-0.25, -0.2) is 9.59 Å². The number of benzene rings is 1. The number of amides is 3. The van der Waals surface area contributed by atoms with Crippen LogP contribution in [0, 0.1) is 0 Å². The number of hydrogen-bond donors (Lipinski definition) is 2. The van der Waals surface area contributed by atoms with Crippen molar-refractivity contribution < 1.29 is 19.5 Å². The summed E-state index contributed by atoms with van der Waals surface area (Å²) in [5.74, 6) is -1.38. The zero-order chi connectivity index (χ0) is 15.0. The molecule has 1 aliphatic rings. The van der Waals surface area contributed by atoms with Crippen molar-refractivity contribution in [2.75, 3.05) is 11.4 Å². The summed E-state index contributed by atoms with van der Waals surface area (Å²) in [6.07, 6.45) is 1.59. The highest BCUT2D eigenvalue weighted by Gasteiger charge is 2.26. The van der Waals surface area contributed by atoms with Gasteiger partial charge < -0.3 is 5.11 Å². The van der Waals surface area contributed by atoms with Crippen LogP contribution in [0.1, 0.15) is 16.8 Å². The fourth-order valence-corrected chi connectivity index (χ4v) is 2.36. The predicted molar refractivity (Wildman–Crippen MR) is 74.2 cm³/mol. The molecule has 1 saturated heterocycles. The van der Waals surface area contributed by atoms with Crippen LogP contribution in [0.15, 0.2) is 30.5 Å². The van der Waals surface area contributed by atoms with Gasteiger partial charge in [-0.05, 0) is 12.1 Å². The predicted octanol–water partition coefficient (Wildman–Crippen LogP) is 1.38. The number of nitrogens with one attached hydrogen (secondary N) is 1. The number of anilines is 1. The lowest BCUT2D eigenvalue weighted by atomic mass is 10.1. The average Bonchev–Trinajstić information content (AvgIpc) is 2.46. The summed E-state index contributed by atoms with van der Waals surface area (Å²) in [5.41, 5.74) is 1.03. The van der Waals surface area contributed by atoms with Crippen molar-refractivity contribution in [1.82, 2.24) is 10.3 Å². The van der Waals surface area contributed by atoms with Gasteiger partial charge in [-0.1, -0.05) is 12.1 Å². The van der Waals surface area contributed by atoms with Gasteiger partial charge in [0.2, 0.25) is 5.91 Å². The number of fused-ring (bicyclic) bond motifs is 1. The van der Waals surface area contributed by atoms with Crippen LogP contribution in [0.25, 0.3) is 10.9 Å². The van der Waals surface area contributed by atoms with E-state index in [9.17, 15) is 19.5 Å². The molecule has 1 aromatic heterocycles. The first-order chi connectivity index (χ1) is 10.1. The number of carboxylic acid groups (broad SMARTS) is 1. The van der Waals surface area contributed by atoms with Crippen molar-refractivity contribution >= 4 is 34.5 Å². The van der Waals surface area contributed by atoms with E-state index in [1.54, 1.807) is 18.2 Å². The van der Waals surface area contributed by atoms with Crippen molar-refractivity contribution in [3.63, 3.8) is 0 Å². The number of pyridine rings is 1. The Balaban J connectivity index is 2.16. The number of rotatable bonds is 2. The molecule has 3 rings (SSSR count). The monoisotopic (exact) mass is 285 g/mol. The second kappa shape index (κ2) is 4.86. The van der Waals surface area contributed by atoms with Crippen LogP contribution >= 0.6 is 0 Å². The fraction of sp³-hybridized carbons (Fsp3) is 0.143. The molecular formula is C14H11N3O4. The molecular weight excluding hydrogens is 274 g/mol. The maximum Gasteiger partial charge on any atom is 0.336 e. The summed E-state index contributed by atoms with van der Waals surface area (Å²) in [7, 11) is 0. The first kappa shape index (κ1) is 13.0. The van der Waals surface area contributed by atoms with Crippen molar-refractivity contribution in [2.24, 2.45) is 0 Å². The van der Waals surface area contributed by atoms with E-state index in [0.29, 0.717) is 16.6 Å². The van der Waals surface area contributed by atoms with Crippen molar-refractivity contribution in [3.05, 3.63) is 36.0 Å². The van der Waals surface area contributed by atoms with Gasteiger partial charge in [0.05, 0.1) is 16.8 Å². The van der Waals surface area contributed by atoms with E-state index in [1.807, 2.05) is 0 Å². The zero-order valence-corrected chi connectivity index (χ0v) is 10.9. The normalized spacial score (nSPS) is 15.1. The third kappa shape index (κ3) is 2.18. The van der Waals surface area contributed by atoms with E-state index in [0.717, 1.165) is 0 Å². The van der Waals surface area contributed by atoms with Crippen molar-refractivity contribution in [3.8, 4) is 0 Å². The Bertz CT molecular complexity index is 772. The quantitative estimate of drug-likeness (QED) is 0.868. The largest absolute Gasteiger partial charge is 0.478 e. The summed E-state index contributed by atoms with van der Waals surface area (Å²) in [6, 6.07) is 5.86. The average molecular weight is 285 g/mol. The van der Waals surface area contributed by atoms with E-state index in [4.69, 9.17) is 0 Å². The number of aromatic nitrogens is 1. The Labute approximate surface area is 119 Å². The van der Waals surface area contributed by atoms with Gasteiger partial charge in [0.15, 0.2) is 0 Å². The van der Waals surface area contributed by atoms with Crippen LogP contribution in [-0.4, -0.2) is 34.5 Å². The number of hydrogen-bond acceptors (Lipinski definition) is 4. The topological polar surface area (TPSA) is 99.6 Å². The van der Waals surface area contributed by atoms with Crippen molar-refractivity contribution in [1.29, 1.82) is 0 Å². The Kier molecular flexibility index (Phi) is 3.02. The number of imide groups is 1. The summed E-state index contributed by atoms with van der Waals surface area (Å²) in [6.45, 7) is 0.239. The minimum Gasteiger partial charge on any atom is -0.478 e. The number of nitrogens with zero attached hydrogens (tertiary/aromatic N) is 2. The number of urea groups is 1. The van der Waals surface area contributed by atoms with E-state index in [2.05, 4.69) is 10.3 Å². The molecule has 7 nitrogen and oxygen atoms in total. The third-order valence-corrected chi connectivity index (χ3v) is 3.32. The summed E-state index contributed by atoms with van der Waals surface area (Å²) >= 11 is 0. The van der Waals surface area contributed by atoms with Gasteiger partial charge in [-0.15, -0.1) is 0 Å². The molecule has 1 fully saturated rings.